The highest BCUT2D eigenvalue weighted by atomic mass is 19.1. The summed E-state index contributed by atoms with van der Waals surface area (Å²) in [5.74, 6) is -0.218. The molecule has 1 heterocycles. The standard InChI is InChI=1S/C13H13FN2/c1-15-9-10-8-11(14)5-6-12(10)13-4-2-3-7-16-13/h2-8,15H,9H2,1H3. The normalized spacial score (nSPS) is 10.4. The van der Waals surface area contributed by atoms with E-state index >= 15 is 0 Å². The van der Waals surface area contributed by atoms with E-state index < -0.39 is 0 Å². The van der Waals surface area contributed by atoms with Crippen LogP contribution in [0.3, 0.4) is 0 Å². The first kappa shape index (κ1) is 10.8. The fourth-order valence-electron chi connectivity index (χ4n) is 1.67. The number of hydrogen-bond acceptors (Lipinski definition) is 2. The second-order valence-electron chi connectivity index (χ2n) is 3.55. The molecular formula is C13H13FN2. The fraction of sp³-hybridized carbons (Fsp3) is 0.154. The van der Waals surface area contributed by atoms with Gasteiger partial charge in [0.2, 0.25) is 0 Å². The summed E-state index contributed by atoms with van der Waals surface area (Å²) < 4.78 is 13.1. The Hall–Kier alpha value is -1.74. The Kier molecular flexibility index (Phi) is 3.27. The molecule has 0 amide bonds. The van der Waals surface area contributed by atoms with E-state index in [9.17, 15) is 4.39 Å². The van der Waals surface area contributed by atoms with Gasteiger partial charge in [0.05, 0.1) is 5.69 Å². The molecule has 3 heteroatoms. The highest BCUT2D eigenvalue weighted by molar-refractivity contribution is 5.63. The van der Waals surface area contributed by atoms with Crippen LogP contribution in [0.4, 0.5) is 4.39 Å². The number of halogens is 1. The number of rotatable bonds is 3. The summed E-state index contributed by atoms with van der Waals surface area (Å²) in [5, 5.41) is 3.03. The molecule has 1 aromatic carbocycles. The fourth-order valence-corrected chi connectivity index (χ4v) is 1.67. The molecule has 82 valence electrons. The molecule has 0 aliphatic heterocycles. The van der Waals surface area contributed by atoms with Crippen molar-refractivity contribution < 1.29 is 4.39 Å². The topological polar surface area (TPSA) is 24.9 Å². The van der Waals surface area contributed by atoms with E-state index in [4.69, 9.17) is 0 Å². The second-order valence-corrected chi connectivity index (χ2v) is 3.55. The van der Waals surface area contributed by atoms with E-state index in [0.29, 0.717) is 6.54 Å². The van der Waals surface area contributed by atoms with Gasteiger partial charge < -0.3 is 5.32 Å². The largest absolute Gasteiger partial charge is 0.316 e. The lowest BCUT2D eigenvalue weighted by Gasteiger charge is -2.08. The van der Waals surface area contributed by atoms with E-state index in [1.807, 2.05) is 25.2 Å². The first-order valence-corrected chi connectivity index (χ1v) is 5.15. The van der Waals surface area contributed by atoms with Gasteiger partial charge >= 0.3 is 0 Å². The Balaban J connectivity index is 2.48. The predicted molar refractivity (Wildman–Crippen MR) is 62.4 cm³/mol. The average molecular weight is 216 g/mol. The minimum Gasteiger partial charge on any atom is -0.316 e. The van der Waals surface area contributed by atoms with Crippen LogP contribution in [0, 0.1) is 5.82 Å². The van der Waals surface area contributed by atoms with Crippen LogP contribution >= 0.6 is 0 Å². The van der Waals surface area contributed by atoms with Crippen molar-refractivity contribution in [3.8, 4) is 11.3 Å². The number of aromatic nitrogens is 1. The maximum Gasteiger partial charge on any atom is 0.123 e. The maximum absolute atomic E-state index is 13.1. The summed E-state index contributed by atoms with van der Waals surface area (Å²) in [4.78, 5) is 4.27. The van der Waals surface area contributed by atoms with Crippen molar-refractivity contribution in [2.45, 2.75) is 6.54 Å². The van der Waals surface area contributed by atoms with Crippen molar-refractivity contribution in [3.05, 3.63) is 54.0 Å². The third-order valence-corrected chi connectivity index (χ3v) is 2.38. The molecule has 1 aromatic heterocycles. The predicted octanol–water partition coefficient (Wildman–Crippen LogP) is 2.61. The van der Waals surface area contributed by atoms with E-state index in [2.05, 4.69) is 10.3 Å². The number of nitrogens with zero attached hydrogens (tertiary/aromatic N) is 1. The summed E-state index contributed by atoms with van der Waals surface area (Å²) >= 11 is 0. The molecule has 0 aliphatic rings. The van der Waals surface area contributed by atoms with E-state index in [-0.39, 0.29) is 5.82 Å². The van der Waals surface area contributed by atoms with Crippen LogP contribution in [-0.2, 0) is 6.54 Å². The van der Waals surface area contributed by atoms with E-state index in [0.717, 1.165) is 16.8 Å². The molecule has 0 radical (unpaired) electrons. The van der Waals surface area contributed by atoms with Crippen LogP contribution in [0.5, 0.6) is 0 Å². The zero-order chi connectivity index (χ0) is 11.4. The molecule has 0 spiro atoms. The number of nitrogens with one attached hydrogen (secondary N) is 1. The summed E-state index contributed by atoms with van der Waals surface area (Å²) in [6, 6.07) is 10.5. The van der Waals surface area contributed by atoms with Crippen molar-refractivity contribution in [2.24, 2.45) is 0 Å². The smallest absolute Gasteiger partial charge is 0.123 e. The number of hydrogen-bond donors (Lipinski definition) is 1. The van der Waals surface area contributed by atoms with Gasteiger partial charge in [0.25, 0.3) is 0 Å². The Bertz CT molecular complexity index is 469. The molecule has 0 saturated carbocycles. The van der Waals surface area contributed by atoms with Gasteiger partial charge in [0.1, 0.15) is 5.82 Å². The lowest BCUT2D eigenvalue weighted by molar-refractivity contribution is 0.624. The molecule has 2 aromatic rings. The van der Waals surface area contributed by atoms with Gasteiger partial charge in [-0.1, -0.05) is 6.07 Å². The molecule has 0 saturated heterocycles. The Morgan fingerprint density at radius 2 is 2.12 bits per heavy atom. The van der Waals surface area contributed by atoms with Crippen LogP contribution < -0.4 is 5.32 Å². The Labute approximate surface area is 94.2 Å². The Morgan fingerprint density at radius 3 is 2.81 bits per heavy atom. The molecule has 2 nitrogen and oxygen atoms in total. The summed E-state index contributed by atoms with van der Waals surface area (Å²) in [7, 11) is 1.84. The average Bonchev–Trinajstić information content (AvgIpc) is 2.31. The van der Waals surface area contributed by atoms with Crippen molar-refractivity contribution in [1.29, 1.82) is 0 Å². The molecule has 16 heavy (non-hydrogen) atoms. The zero-order valence-corrected chi connectivity index (χ0v) is 9.07. The van der Waals surface area contributed by atoms with Crippen LogP contribution in [0.2, 0.25) is 0 Å². The van der Waals surface area contributed by atoms with Crippen LogP contribution in [0.15, 0.2) is 42.6 Å². The first-order valence-electron chi connectivity index (χ1n) is 5.15. The van der Waals surface area contributed by atoms with Crippen molar-refractivity contribution in [2.75, 3.05) is 7.05 Å². The monoisotopic (exact) mass is 216 g/mol. The van der Waals surface area contributed by atoms with Gasteiger partial charge in [0, 0.05) is 18.3 Å². The molecule has 1 N–H and O–H groups in total. The SMILES string of the molecule is CNCc1cc(F)ccc1-c1ccccn1. The first-order chi connectivity index (χ1) is 7.81. The molecule has 0 unspecified atom stereocenters. The van der Waals surface area contributed by atoms with Crippen LogP contribution in [0.1, 0.15) is 5.56 Å². The van der Waals surface area contributed by atoms with Crippen molar-refractivity contribution in [1.82, 2.24) is 10.3 Å². The van der Waals surface area contributed by atoms with Crippen LogP contribution in [-0.4, -0.2) is 12.0 Å². The highest BCUT2D eigenvalue weighted by Gasteiger charge is 2.06. The third-order valence-electron chi connectivity index (χ3n) is 2.38. The molecule has 0 bridgehead atoms. The molecule has 0 fully saturated rings. The summed E-state index contributed by atoms with van der Waals surface area (Å²) in [5.41, 5.74) is 2.75. The lowest BCUT2D eigenvalue weighted by atomic mass is 10.0. The van der Waals surface area contributed by atoms with E-state index in [1.54, 1.807) is 18.3 Å². The Morgan fingerprint density at radius 1 is 1.25 bits per heavy atom. The van der Waals surface area contributed by atoms with Crippen molar-refractivity contribution in [3.63, 3.8) is 0 Å². The van der Waals surface area contributed by atoms with Gasteiger partial charge in [-0.3, -0.25) is 4.98 Å². The minimum atomic E-state index is -0.218. The third kappa shape index (κ3) is 2.25. The van der Waals surface area contributed by atoms with E-state index in [1.165, 1.54) is 6.07 Å². The van der Waals surface area contributed by atoms with Gasteiger partial charge in [-0.25, -0.2) is 4.39 Å². The highest BCUT2D eigenvalue weighted by Crippen LogP contribution is 2.22. The van der Waals surface area contributed by atoms with Gasteiger partial charge in [0.15, 0.2) is 0 Å². The van der Waals surface area contributed by atoms with Gasteiger partial charge in [-0.2, -0.15) is 0 Å². The summed E-state index contributed by atoms with van der Waals surface area (Å²) in [6.45, 7) is 0.629. The molecule has 0 atom stereocenters. The molecular weight excluding hydrogens is 203 g/mol. The quantitative estimate of drug-likeness (QED) is 0.853. The van der Waals surface area contributed by atoms with Crippen molar-refractivity contribution >= 4 is 0 Å². The van der Waals surface area contributed by atoms with Crippen LogP contribution in [0.25, 0.3) is 11.3 Å². The minimum absolute atomic E-state index is 0.218. The second kappa shape index (κ2) is 4.86. The molecule has 2 rings (SSSR count). The zero-order valence-electron chi connectivity index (χ0n) is 9.07. The number of benzene rings is 1. The summed E-state index contributed by atoms with van der Waals surface area (Å²) in [6.07, 6.45) is 1.74. The lowest BCUT2D eigenvalue weighted by Crippen LogP contribution is -2.07. The van der Waals surface area contributed by atoms with Gasteiger partial charge in [-0.15, -0.1) is 0 Å². The van der Waals surface area contributed by atoms with Gasteiger partial charge in [-0.05, 0) is 42.9 Å². The molecule has 0 aliphatic carbocycles. The number of pyridine rings is 1. The maximum atomic E-state index is 13.1.